The van der Waals surface area contributed by atoms with Crippen molar-refractivity contribution < 1.29 is 18.3 Å². The summed E-state index contributed by atoms with van der Waals surface area (Å²) in [6.07, 6.45) is 5.19. The zero-order valence-corrected chi connectivity index (χ0v) is 8.92. The second-order valence-corrected chi connectivity index (χ2v) is 6.06. The molecule has 0 spiro atoms. The van der Waals surface area contributed by atoms with Crippen LogP contribution in [0.3, 0.4) is 0 Å². The molecule has 1 aliphatic rings. The molecule has 0 aromatic heterocycles. The second kappa shape index (κ2) is 4.77. The number of hydrogen-bond donors (Lipinski definition) is 1. The zero-order chi connectivity index (χ0) is 10.6. The Morgan fingerprint density at radius 3 is 2.29 bits per heavy atom. The molecular weight excluding hydrogens is 204 g/mol. The van der Waals surface area contributed by atoms with Crippen LogP contribution in [0.2, 0.25) is 0 Å². The first-order valence-corrected chi connectivity index (χ1v) is 6.74. The summed E-state index contributed by atoms with van der Waals surface area (Å²) in [7, 11) is -3.38. The standard InChI is InChI=1S/C9H16O4S/c10-9(11)7-14(12,13)6-8-4-2-1-3-5-8/h8H,1-7H2,(H,10,11). The molecule has 82 valence electrons. The van der Waals surface area contributed by atoms with E-state index in [1.54, 1.807) is 0 Å². The lowest BCUT2D eigenvalue weighted by atomic mass is 9.91. The van der Waals surface area contributed by atoms with Gasteiger partial charge in [0.1, 0.15) is 5.75 Å². The SMILES string of the molecule is O=C(O)CS(=O)(=O)CC1CCCCC1. The van der Waals surface area contributed by atoms with Crippen LogP contribution >= 0.6 is 0 Å². The molecule has 0 atom stereocenters. The smallest absolute Gasteiger partial charge is 0.318 e. The third-order valence-corrected chi connectivity index (χ3v) is 4.22. The minimum atomic E-state index is -3.38. The predicted octanol–water partition coefficient (Wildman–Crippen LogP) is 1.07. The number of rotatable bonds is 4. The molecule has 4 nitrogen and oxygen atoms in total. The van der Waals surface area contributed by atoms with Crippen molar-refractivity contribution in [3.63, 3.8) is 0 Å². The van der Waals surface area contributed by atoms with Gasteiger partial charge in [0.15, 0.2) is 9.84 Å². The molecule has 0 radical (unpaired) electrons. The number of aliphatic carboxylic acids is 1. The molecule has 0 unspecified atom stereocenters. The highest BCUT2D eigenvalue weighted by atomic mass is 32.2. The van der Waals surface area contributed by atoms with Gasteiger partial charge in [-0.25, -0.2) is 8.42 Å². The van der Waals surface area contributed by atoms with Crippen molar-refractivity contribution in [1.29, 1.82) is 0 Å². The Morgan fingerprint density at radius 1 is 1.21 bits per heavy atom. The van der Waals surface area contributed by atoms with Gasteiger partial charge in [-0.3, -0.25) is 4.79 Å². The van der Waals surface area contributed by atoms with Crippen LogP contribution in [-0.2, 0) is 14.6 Å². The maximum atomic E-state index is 11.3. The van der Waals surface area contributed by atoms with Gasteiger partial charge in [0.2, 0.25) is 0 Å². The average molecular weight is 220 g/mol. The normalized spacial score (nSPS) is 19.4. The third-order valence-electron chi connectivity index (χ3n) is 2.56. The number of carboxylic acid groups (broad SMARTS) is 1. The van der Waals surface area contributed by atoms with E-state index >= 15 is 0 Å². The Hall–Kier alpha value is -0.580. The molecule has 0 aromatic carbocycles. The van der Waals surface area contributed by atoms with E-state index in [9.17, 15) is 13.2 Å². The van der Waals surface area contributed by atoms with E-state index in [0.717, 1.165) is 25.7 Å². The van der Waals surface area contributed by atoms with Crippen LogP contribution in [0.4, 0.5) is 0 Å². The van der Waals surface area contributed by atoms with E-state index in [2.05, 4.69) is 0 Å². The molecule has 1 fully saturated rings. The molecule has 0 aromatic rings. The lowest BCUT2D eigenvalue weighted by Gasteiger charge is -2.20. The summed E-state index contributed by atoms with van der Waals surface area (Å²) in [4.78, 5) is 10.3. The van der Waals surface area contributed by atoms with Crippen molar-refractivity contribution in [3.8, 4) is 0 Å². The van der Waals surface area contributed by atoms with Crippen LogP contribution in [0, 0.1) is 5.92 Å². The van der Waals surface area contributed by atoms with Gasteiger partial charge in [-0.2, -0.15) is 0 Å². The lowest BCUT2D eigenvalue weighted by molar-refractivity contribution is -0.134. The third kappa shape index (κ3) is 4.09. The maximum Gasteiger partial charge on any atom is 0.318 e. The van der Waals surface area contributed by atoms with E-state index < -0.39 is 21.6 Å². The summed E-state index contributed by atoms with van der Waals surface area (Å²) < 4.78 is 22.7. The summed E-state index contributed by atoms with van der Waals surface area (Å²) in [5, 5.41) is 8.40. The predicted molar refractivity (Wildman–Crippen MR) is 52.9 cm³/mol. The zero-order valence-electron chi connectivity index (χ0n) is 8.11. The van der Waals surface area contributed by atoms with E-state index in [1.165, 1.54) is 6.42 Å². The van der Waals surface area contributed by atoms with Crippen LogP contribution in [0.15, 0.2) is 0 Å². The van der Waals surface area contributed by atoms with Crippen molar-refractivity contribution in [1.82, 2.24) is 0 Å². The maximum absolute atomic E-state index is 11.3. The van der Waals surface area contributed by atoms with E-state index in [0.29, 0.717) is 0 Å². The topological polar surface area (TPSA) is 71.4 Å². The summed E-state index contributed by atoms with van der Waals surface area (Å²) in [5.41, 5.74) is 0. The van der Waals surface area contributed by atoms with Gasteiger partial charge in [-0.05, 0) is 18.8 Å². The van der Waals surface area contributed by atoms with Gasteiger partial charge in [0.25, 0.3) is 0 Å². The van der Waals surface area contributed by atoms with Gasteiger partial charge in [0.05, 0.1) is 5.75 Å². The highest BCUT2D eigenvalue weighted by Gasteiger charge is 2.23. The fraction of sp³-hybridized carbons (Fsp3) is 0.889. The average Bonchev–Trinajstić information content (AvgIpc) is 2.02. The van der Waals surface area contributed by atoms with Crippen molar-refractivity contribution in [2.45, 2.75) is 32.1 Å². The number of carboxylic acids is 1. The molecule has 1 aliphatic carbocycles. The monoisotopic (exact) mass is 220 g/mol. The van der Waals surface area contributed by atoms with Gasteiger partial charge in [-0.15, -0.1) is 0 Å². The van der Waals surface area contributed by atoms with Crippen molar-refractivity contribution in [2.24, 2.45) is 5.92 Å². The Bertz CT molecular complexity index is 288. The number of carbonyl (C=O) groups is 1. The Kier molecular flexibility index (Phi) is 3.92. The van der Waals surface area contributed by atoms with Crippen LogP contribution in [0.5, 0.6) is 0 Å². The van der Waals surface area contributed by atoms with Crippen molar-refractivity contribution in [2.75, 3.05) is 11.5 Å². The van der Waals surface area contributed by atoms with Crippen LogP contribution < -0.4 is 0 Å². The first-order chi connectivity index (χ1) is 6.49. The van der Waals surface area contributed by atoms with Gasteiger partial charge < -0.3 is 5.11 Å². The molecule has 14 heavy (non-hydrogen) atoms. The summed E-state index contributed by atoms with van der Waals surface area (Å²) in [6.45, 7) is 0. The first kappa shape index (κ1) is 11.5. The molecule has 0 heterocycles. The van der Waals surface area contributed by atoms with E-state index in [1.807, 2.05) is 0 Å². The summed E-state index contributed by atoms with van der Waals surface area (Å²) >= 11 is 0. The first-order valence-electron chi connectivity index (χ1n) is 4.92. The van der Waals surface area contributed by atoms with E-state index in [4.69, 9.17) is 5.11 Å². The molecule has 0 aliphatic heterocycles. The molecule has 5 heteroatoms. The number of hydrogen-bond acceptors (Lipinski definition) is 3. The molecular formula is C9H16O4S. The van der Waals surface area contributed by atoms with Gasteiger partial charge in [0, 0.05) is 0 Å². The molecule has 0 saturated heterocycles. The van der Waals surface area contributed by atoms with Gasteiger partial charge >= 0.3 is 5.97 Å². The van der Waals surface area contributed by atoms with Crippen molar-refractivity contribution in [3.05, 3.63) is 0 Å². The Morgan fingerprint density at radius 2 is 1.79 bits per heavy atom. The van der Waals surface area contributed by atoms with Crippen LogP contribution in [0.1, 0.15) is 32.1 Å². The lowest BCUT2D eigenvalue weighted by Crippen LogP contribution is -2.24. The largest absolute Gasteiger partial charge is 0.480 e. The molecule has 1 saturated carbocycles. The van der Waals surface area contributed by atoms with Gasteiger partial charge in [-0.1, -0.05) is 19.3 Å². The Labute approximate surface area is 84.2 Å². The van der Waals surface area contributed by atoms with E-state index in [-0.39, 0.29) is 11.7 Å². The van der Waals surface area contributed by atoms with Crippen LogP contribution in [0.25, 0.3) is 0 Å². The fourth-order valence-corrected chi connectivity index (χ4v) is 3.51. The van der Waals surface area contributed by atoms with Crippen LogP contribution in [-0.4, -0.2) is 31.0 Å². The Balaban J connectivity index is 2.45. The fourth-order valence-electron chi connectivity index (χ4n) is 1.96. The molecule has 0 bridgehead atoms. The summed E-state index contributed by atoms with van der Waals surface area (Å²) in [5.74, 6) is -1.73. The highest BCUT2D eigenvalue weighted by molar-refractivity contribution is 7.92. The number of sulfone groups is 1. The minimum absolute atomic E-state index is 0.0549. The minimum Gasteiger partial charge on any atom is -0.480 e. The second-order valence-electron chi connectivity index (χ2n) is 3.95. The highest BCUT2D eigenvalue weighted by Crippen LogP contribution is 2.24. The molecule has 1 N–H and O–H groups in total. The summed E-state index contributed by atoms with van der Waals surface area (Å²) in [6, 6.07) is 0. The molecule has 0 amide bonds. The van der Waals surface area contributed by atoms with Crippen molar-refractivity contribution >= 4 is 15.8 Å². The molecule has 1 rings (SSSR count). The quantitative estimate of drug-likeness (QED) is 0.769.